The van der Waals surface area contributed by atoms with E-state index in [9.17, 15) is 4.79 Å². The molecule has 2 aliphatic rings. The van der Waals surface area contributed by atoms with Crippen LogP contribution in [0.2, 0.25) is 0 Å². The van der Waals surface area contributed by atoms with Crippen molar-refractivity contribution in [2.75, 3.05) is 49.7 Å². The highest BCUT2D eigenvalue weighted by atomic mass is 16.7. The number of likely N-dealkylation sites (N-methyl/N-ethyl adjacent to an activating group) is 1. The standard InChI is InChI=1S/C19H22N4O3/c1-2-22-5-7-23(8-6-22)16-9-14(11-20-12-16)19(24)21-15-3-4-17-18(10-15)26-13-25-17/h3-4,9-12H,2,5-8,13H2,1H3,(H,21,24). The molecular formula is C19H22N4O3. The van der Waals surface area contributed by atoms with Crippen molar-refractivity contribution in [1.29, 1.82) is 0 Å². The molecule has 0 radical (unpaired) electrons. The Labute approximate surface area is 152 Å². The Balaban J connectivity index is 1.45. The zero-order valence-corrected chi connectivity index (χ0v) is 14.8. The fourth-order valence-corrected chi connectivity index (χ4v) is 3.22. The topological polar surface area (TPSA) is 66.9 Å². The number of carbonyl (C=O) groups is 1. The maximum absolute atomic E-state index is 12.6. The molecule has 1 saturated heterocycles. The second kappa shape index (κ2) is 7.21. The molecular weight excluding hydrogens is 332 g/mol. The largest absolute Gasteiger partial charge is 0.454 e. The molecule has 136 valence electrons. The van der Waals surface area contributed by atoms with Crippen LogP contribution < -0.4 is 19.7 Å². The van der Waals surface area contributed by atoms with Gasteiger partial charge in [-0.15, -0.1) is 0 Å². The van der Waals surface area contributed by atoms with E-state index in [2.05, 4.69) is 27.0 Å². The fraction of sp³-hybridized carbons (Fsp3) is 0.368. The van der Waals surface area contributed by atoms with Crippen LogP contribution in [0.25, 0.3) is 0 Å². The van der Waals surface area contributed by atoms with Gasteiger partial charge in [0.15, 0.2) is 11.5 Å². The first-order chi connectivity index (χ1) is 12.7. The van der Waals surface area contributed by atoms with Gasteiger partial charge in [0, 0.05) is 44.1 Å². The van der Waals surface area contributed by atoms with Gasteiger partial charge >= 0.3 is 0 Å². The molecule has 26 heavy (non-hydrogen) atoms. The lowest BCUT2D eigenvalue weighted by molar-refractivity contribution is 0.102. The number of carbonyl (C=O) groups excluding carboxylic acids is 1. The van der Waals surface area contributed by atoms with Gasteiger partial charge in [0.05, 0.1) is 17.4 Å². The Morgan fingerprint density at radius 3 is 2.73 bits per heavy atom. The molecule has 1 aromatic heterocycles. The molecule has 3 heterocycles. The smallest absolute Gasteiger partial charge is 0.257 e. The van der Waals surface area contributed by atoms with Gasteiger partial charge in [0.2, 0.25) is 6.79 Å². The molecule has 0 spiro atoms. The van der Waals surface area contributed by atoms with Gasteiger partial charge in [0.25, 0.3) is 5.91 Å². The molecule has 1 N–H and O–H groups in total. The zero-order valence-electron chi connectivity index (χ0n) is 14.8. The van der Waals surface area contributed by atoms with E-state index in [0.717, 1.165) is 38.4 Å². The van der Waals surface area contributed by atoms with E-state index < -0.39 is 0 Å². The highest BCUT2D eigenvalue weighted by molar-refractivity contribution is 6.04. The van der Waals surface area contributed by atoms with Gasteiger partial charge in [-0.25, -0.2) is 0 Å². The van der Waals surface area contributed by atoms with E-state index in [1.54, 1.807) is 24.4 Å². The van der Waals surface area contributed by atoms with E-state index in [4.69, 9.17) is 9.47 Å². The predicted octanol–water partition coefficient (Wildman–Crippen LogP) is 2.20. The predicted molar refractivity (Wildman–Crippen MR) is 99.1 cm³/mol. The molecule has 7 nitrogen and oxygen atoms in total. The van der Waals surface area contributed by atoms with Crippen molar-refractivity contribution in [3.63, 3.8) is 0 Å². The molecule has 0 atom stereocenters. The van der Waals surface area contributed by atoms with E-state index in [1.165, 1.54) is 0 Å². The van der Waals surface area contributed by atoms with Crippen molar-refractivity contribution in [2.45, 2.75) is 6.92 Å². The van der Waals surface area contributed by atoms with Crippen LogP contribution in [-0.4, -0.2) is 55.3 Å². The average molecular weight is 354 g/mol. The minimum atomic E-state index is -0.189. The molecule has 0 unspecified atom stereocenters. The molecule has 7 heteroatoms. The Morgan fingerprint density at radius 2 is 1.92 bits per heavy atom. The molecule has 2 aliphatic heterocycles. The fourth-order valence-electron chi connectivity index (χ4n) is 3.22. The summed E-state index contributed by atoms with van der Waals surface area (Å²) in [5.74, 6) is 1.15. The van der Waals surface area contributed by atoms with Crippen molar-refractivity contribution >= 4 is 17.3 Å². The number of piperazine rings is 1. The van der Waals surface area contributed by atoms with Gasteiger partial charge in [-0.2, -0.15) is 0 Å². The van der Waals surface area contributed by atoms with E-state index in [1.807, 2.05) is 12.3 Å². The summed E-state index contributed by atoms with van der Waals surface area (Å²) >= 11 is 0. The van der Waals surface area contributed by atoms with Crippen LogP contribution in [0.3, 0.4) is 0 Å². The number of hydrogen-bond acceptors (Lipinski definition) is 6. The first-order valence-electron chi connectivity index (χ1n) is 8.86. The number of nitrogens with one attached hydrogen (secondary N) is 1. The van der Waals surface area contributed by atoms with Crippen LogP contribution in [0.4, 0.5) is 11.4 Å². The van der Waals surface area contributed by atoms with Crippen LogP contribution in [-0.2, 0) is 0 Å². The third-order valence-corrected chi connectivity index (χ3v) is 4.80. The molecule has 1 fully saturated rings. The third kappa shape index (κ3) is 3.43. The second-order valence-electron chi connectivity index (χ2n) is 6.38. The molecule has 0 saturated carbocycles. The van der Waals surface area contributed by atoms with Crippen LogP contribution >= 0.6 is 0 Å². The van der Waals surface area contributed by atoms with Gasteiger partial charge < -0.3 is 24.6 Å². The van der Waals surface area contributed by atoms with E-state index in [-0.39, 0.29) is 12.7 Å². The summed E-state index contributed by atoms with van der Waals surface area (Å²) < 4.78 is 10.6. The molecule has 0 aliphatic carbocycles. The van der Waals surface area contributed by atoms with Crippen LogP contribution in [0, 0.1) is 0 Å². The molecule has 4 rings (SSSR count). The SMILES string of the molecule is CCN1CCN(c2cncc(C(=O)Nc3ccc4c(c3)OCO4)c2)CC1. The first kappa shape index (κ1) is 16.7. The Bertz CT molecular complexity index is 803. The number of hydrogen-bond donors (Lipinski definition) is 1. The lowest BCUT2D eigenvalue weighted by atomic mass is 10.2. The lowest BCUT2D eigenvalue weighted by Gasteiger charge is -2.35. The summed E-state index contributed by atoms with van der Waals surface area (Å²) in [5, 5.41) is 2.89. The van der Waals surface area contributed by atoms with E-state index >= 15 is 0 Å². The van der Waals surface area contributed by atoms with Crippen LogP contribution in [0.5, 0.6) is 11.5 Å². The Kier molecular flexibility index (Phi) is 4.62. The summed E-state index contributed by atoms with van der Waals surface area (Å²) in [6.07, 6.45) is 3.41. The average Bonchev–Trinajstić information content (AvgIpc) is 3.16. The summed E-state index contributed by atoms with van der Waals surface area (Å²) in [4.78, 5) is 21.5. The second-order valence-corrected chi connectivity index (χ2v) is 6.38. The lowest BCUT2D eigenvalue weighted by Crippen LogP contribution is -2.46. The number of pyridine rings is 1. The highest BCUT2D eigenvalue weighted by Gasteiger charge is 2.18. The van der Waals surface area contributed by atoms with Gasteiger partial charge in [-0.05, 0) is 24.7 Å². The monoisotopic (exact) mass is 354 g/mol. The maximum atomic E-state index is 12.6. The molecule has 1 amide bonds. The van der Waals surface area contributed by atoms with E-state index in [0.29, 0.717) is 22.7 Å². The maximum Gasteiger partial charge on any atom is 0.257 e. The molecule has 2 aromatic rings. The molecule has 0 bridgehead atoms. The van der Waals surface area contributed by atoms with Crippen molar-refractivity contribution < 1.29 is 14.3 Å². The molecule has 1 aromatic carbocycles. The number of fused-ring (bicyclic) bond motifs is 1. The summed E-state index contributed by atoms with van der Waals surface area (Å²) in [5.41, 5.74) is 2.19. The van der Waals surface area contributed by atoms with Crippen LogP contribution in [0.15, 0.2) is 36.7 Å². The number of nitrogens with zero attached hydrogens (tertiary/aromatic N) is 3. The number of anilines is 2. The minimum absolute atomic E-state index is 0.189. The van der Waals surface area contributed by atoms with Crippen molar-refractivity contribution in [1.82, 2.24) is 9.88 Å². The van der Waals surface area contributed by atoms with Gasteiger partial charge in [-0.1, -0.05) is 6.92 Å². The van der Waals surface area contributed by atoms with Crippen molar-refractivity contribution in [2.24, 2.45) is 0 Å². The van der Waals surface area contributed by atoms with Gasteiger partial charge in [-0.3, -0.25) is 9.78 Å². The summed E-state index contributed by atoms with van der Waals surface area (Å²) in [6.45, 7) is 7.42. The number of aromatic nitrogens is 1. The summed E-state index contributed by atoms with van der Waals surface area (Å²) in [7, 11) is 0. The summed E-state index contributed by atoms with van der Waals surface area (Å²) in [6, 6.07) is 7.25. The van der Waals surface area contributed by atoms with Crippen molar-refractivity contribution in [3.8, 4) is 11.5 Å². The van der Waals surface area contributed by atoms with Gasteiger partial charge in [0.1, 0.15) is 0 Å². The Morgan fingerprint density at radius 1 is 1.12 bits per heavy atom. The third-order valence-electron chi connectivity index (χ3n) is 4.80. The number of amides is 1. The zero-order chi connectivity index (χ0) is 17.9. The normalized spacial score (nSPS) is 16.6. The highest BCUT2D eigenvalue weighted by Crippen LogP contribution is 2.34. The number of benzene rings is 1. The quantitative estimate of drug-likeness (QED) is 0.908. The first-order valence-corrected chi connectivity index (χ1v) is 8.86. The van der Waals surface area contributed by atoms with Crippen LogP contribution in [0.1, 0.15) is 17.3 Å². The van der Waals surface area contributed by atoms with Crippen molar-refractivity contribution in [3.05, 3.63) is 42.2 Å². The number of rotatable bonds is 4. The Hall–Kier alpha value is -2.80. The number of ether oxygens (including phenoxy) is 2. The minimum Gasteiger partial charge on any atom is -0.454 e.